The van der Waals surface area contributed by atoms with Gasteiger partial charge in [-0.05, 0) is 13.8 Å². The summed E-state index contributed by atoms with van der Waals surface area (Å²) >= 11 is 5.27. The van der Waals surface area contributed by atoms with E-state index in [4.69, 9.17) is 11.6 Å². The summed E-state index contributed by atoms with van der Waals surface area (Å²) in [6, 6.07) is 0. The SMILES string of the molecule is CC(C)Cl.[Na+]. The monoisotopic (exact) mass is 101 g/mol. The molecule has 5 heavy (non-hydrogen) atoms. The maximum absolute atomic E-state index is 5.27. The third-order valence-electron chi connectivity index (χ3n) is 0. The third-order valence-corrected chi connectivity index (χ3v) is 0. The molecule has 0 aromatic rings. The van der Waals surface area contributed by atoms with Gasteiger partial charge in [0.25, 0.3) is 0 Å². The Kier molecular flexibility index (Phi) is 10.1. The van der Waals surface area contributed by atoms with Crippen LogP contribution in [0.15, 0.2) is 0 Å². The van der Waals surface area contributed by atoms with Crippen LogP contribution in [-0.2, 0) is 0 Å². The fourth-order valence-corrected chi connectivity index (χ4v) is 0. The smallest absolute Gasteiger partial charge is 0.124 e. The van der Waals surface area contributed by atoms with Crippen molar-refractivity contribution >= 4 is 11.6 Å². The Morgan fingerprint density at radius 3 is 1.40 bits per heavy atom. The maximum atomic E-state index is 5.27. The van der Waals surface area contributed by atoms with Gasteiger partial charge >= 0.3 is 29.6 Å². The molecule has 0 radical (unpaired) electrons. The minimum absolute atomic E-state index is 0. The van der Waals surface area contributed by atoms with Gasteiger partial charge in [0.1, 0.15) is 0 Å². The van der Waals surface area contributed by atoms with E-state index in [0.29, 0.717) is 5.38 Å². The zero-order valence-corrected chi connectivity index (χ0v) is 6.71. The van der Waals surface area contributed by atoms with Crippen LogP contribution in [0.25, 0.3) is 0 Å². The van der Waals surface area contributed by atoms with Gasteiger partial charge in [-0.15, -0.1) is 11.6 Å². The summed E-state index contributed by atoms with van der Waals surface area (Å²) in [5.41, 5.74) is 0. The molecule has 26 valence electrons. The van der Waals surface area contributed by atoms with Gasteiger partial charge in [-0.1, -0.05) is 0 Å². The summed E-state index contributed by atoms with van der Waals surface area (Å²) in [5, 5.41) is 0.306. The normalized spacial score (nSPS) is 7.20. The topological polar surface area (TPSA) is 0 Å². The first-order valence-corrected chi connectivity index (χ1v) is 1.81. The van der Waals surface area contributed by atoms with Crippen LogP contribution in [0.3, 0.4) is 0 Å². The van der Waals surface area contributed by atoms with E-state index in [1.807, 2.05) is 13.8 Å². The third kappa shape index (κ3) is 34.4. The molecule has 0 N–H and O–H groups in total. The van der Waals surface area contributed by atoms with Crippen LogP contribution in [0.5, 0.6) is 0 Å². The fraction of sp³-hybridized carbons (Fsp3) is 1.00. The first-order valence-electron chi connectivity index (χ1n) is 1.37. The second-order valence-corrected chi connectivity index (χ2v) is 1.89. The molecule has 0 spiro atoms. The van der Waals surface area contributed by atoms with Crippen LogP contribution in [0, 0.1) is 0 Å². The van der Waals surface area contributed by atoms with Gasteiger partial charge in [0.15, 0.2) is 0 Å². The van der Waals surface area contributed by atoms with Crippen LogP contribution >= 0.6 is 11.6 Å². The molecule has 0 fully saturated rings. The van der Waals surface area contributed by atoms with E-state index in [0.717, 1.165) is 0 Å². The molecular formula is C3H7ClNa+. The first kappa shape index (κ1) is 9.56. The minimum Gasteiger partial charge on any atom is -0.124 e. The molecule has 0 saturated carbocycles. The molecule has 0 aromatic heterocycles. The van der Waals surface area contributed by atoms with Crippen molar-refractivity contribution in [3.05, 3.63) is 0 Å². The molecule has 0 aliphatic heterocycles. The summed E-state index contributed by atoms with van der Waals surface area (Å²) < 4.78 is 0. The summed E-state index contributed by atoms with van der Waals surface area (Å²) in [6.45, 7) is 3.86. The van der Waals surface area contributed by atoms with Gasteiger partial charge < -0.3 is 0 Å². The van der Waals surface area contributed by atoms with Gasteiger partial charge in [-0.25, -0.2) is 0 Å². The second-order valence-electron chi connectivity index (χ2n) is 1.01. The zero-order valence-electron chi connectivity index (χ0n) is 3.96. The number of rotatable bonds is 0. The van der Waals surface area contributed by atoms with E-state index < -0.39 is 0 Å². The Bertz CT molecular complexity index is 11.6. The Hall–Kier alpha value is 1.29. The van der Waals surface area contributed by atoms with Crippen LogP contribution in [0.4, 0.5) is 0 Å². The molecule has 0 atom stereocenters. The van der Waals surface area contributed by atoms with Crippen molar-refractivity contribution in [3.63, 3.8) is 0 Å². The molecule has 0 unspecified atom stereocenters. The second kappa shape index (κ2) is 5.29. The standard InChI is InChI=1S/C3H7Cl.Na/c1-3(2)4;/h3H,1-2H3;/q;+1. The quantitative estimate of drug-likeness (QED) is 0.261. The maximum Gasteiger partial charge on any atom is 1.00 e. The van der Waals surface area contributed by atoms with Crippen molar-refractivity contribution in [2.45, 2.75) is 19.2 Å². The molecule has 0 saturated heterocycles. The van der Waals surface area contributed by atoms with Crippen molar-refractivity contribution in [1.82, 2.24) is 0 Å². The molecule has 0 heterocycles. The predicted molar refractivity (Wildman–Crippen MR) is 21.0 cm³/mol. The molecule has 0 aromatic carbocycles. The van der Waals surface area contributed by atoms with Gasteiger partial charge in [-0.3, -0.25) is 0 Å². The predicted octanol–water partition coefficient (Wildman–Crippen LogP) is -1.36. The van der Waals surface area contributed by atoms with E-state index in [-0.39, 0.29) is 29.6 Å². The van der Waals surface area contributed by atoms with Crippen molar-refractivity contribution in [2.24, 2.45) is 0 Å². The van der Waals surface area contributed by atoms with Crippen molar-refractivity contribution in [2.75, 3.05) is 0 Å². The number of hydrogen-bond donors (Lipinski definition) is 0. The minimum atomic E-state index is 0. The summed E-state index contributed by atoms with van der Waals surface area (Å²) in [7, 11) is 0. The Morgan fingerprint density at radius 2 is 1.40 bits per heavy atom. The molecule has 0 amide bonds. The average Bonchev–Trinajstić information content (AvgIpc) is 0.811. The number of halogens is 1. The van der Waals surface area contributed by atoms with Crippen LogP contribution in [0.1, 0.15) is 13.8 Å². The summed E-state index contributed by atoms with van der Waals surface area (Å²) in [6.07, 6.45) is 0. The Balaban J connectivity index is 0. The zero-order chi connectivity index (χ0) is 3.58. The van der Waals surface area contributed by atoms with Crippen molar-refractivity contribution in [3.8, 4) is 0 Å². The molecule has 0 aliphatic rings. The van der Waals surface area contributed by atoms with E-state index >= 15 is 0 Å². The molecule has 0 bridgehead atoms. The molecule has 0 nitrogen and oxygen atoms in total. The van der Waals surface area contributed by atoms with Crippen LogP contribution in [-0.4, -0.2) is 5.38 Å². The van der Waals surface area contributed by atoms with Gasteiger partial charge in [0.05, 0.1) is 0 Å². The number of alkyl halides is 1. The first-order chi connectivity index (χ1) is 1.73. The van der Waals surface area contributed by atoms with Gasteiger partial charge in [0.2, 0.25) is 0 Å². The fourth-order valence-electron chi connectivity index (χ4n) is 0. The Labute approximate surface area is 60.2 Å². The molecule has 0 rings (SSSR count). The van der Waals surface area contributed by atoms with E-state index in [1.54, 1.807) is 0 Å². The summed E-state index contributed by atoms with van der Waals surface area (Å²) in [4.78, 5) is 0. The van der Waals surface area contributed by atoms with Crippen molar-refractivity contribution in [1.29, 1.82) is 0 Å². The van der Waals surface area contributed by atoms with E-state index in [9.17, 15) is 0 Å². The van der Waals surface area contributed by atoms with Crippen molar-refractivity contribution < 1.29 is 29.6 Å². The Morgan fingerprint density at radius 1 is 1.40 bits per heavy atom. The molecular weight excluding hydrogens is 94.5 g/mol. The average molecular weight is 102 g/mol. The van der Waals surface area contributed by atoms with E-state index in [1.165, 1.54) is 0 Å². The van der Waals surface area contributed by atoms with Gasteiger partial charge in [-0.2, -0.15) is 0 Å². The van der Waals surface area contributed by atoms with Crippen LogP contribution in [0.2, 0.25) is 0 Å². The van der Waals surface area contributed by atoms with Gasteiger partial charge in [0, 0.05) is 5.38 Å². The molecule has 0 aliphatic carbocycles. The van der Waals surface area contributed by atoms with Crippen LogP contribution < -0.4 is 29.6 Å². The van der Waals surface area contributed by atoms with E-state index in [2.05, 4.69) is 0 Å². The number of hydrogen-bond acceptors (Lipinski definition) is 0. The summed E-state index contributed by atoms with van der Waals surface area (Å²) in [5.74, 6) is 0. The largest absolute Gasteiger partial charge is 1.00 e. The molecule has 2 heteroatoms.